The van der Waals surface area contributed by atoms with E-state index in [0.29, 0.717) is 6.54 Å². The molecule has 2 rings (SSSR count). The van der Waals surface area contributed by atoms with E-state index < -0.39 is 0 Å². The van der Waals surface area contributed by atoms with Crippen molar-refractivity contribution in [1.29, 1.82) is 0 Å². The molecule has 1 atom stereocenters. The number of methoxy groups -OCH3 is 1. The van der Waals surface area contributed by atoms with Crippen molar-refractivity contribution in [2.45, 2.75) is 6.10 Å². The van der Waals surface area contributed by atoms with E-state index in [4.69, 9.17) is 4.74 Å². The van der Waals surface area contributed by atoms with Crippen LogP contribution in [0.5, 0.6) is 5.75 Å². The standard InChI is InChI=1S/C12H15NO2/c1-15-12-4-2-3-9(6-12)10-5-11(14)8-13-7-10/h2-6,11,13-14H,7-8H2,1H3. The minimum Gasteiger partial charge on any atom is -0.497 e. The fraction of sp³-hybridized carbons (Fsp3) is 0.333. The number of β-amino-alcohol motifs (C(OH)–C–C–N with tert-alkyl or cyclic N) is 1. The molecule has 1 unspecified atom stereocenters. The van der Waals surface area contributed by atoms with Crippen molar-refractivity contribution in [1.82, 2.24) is 5.32 Å². The maximum absolute atomic E-state index is 9.50. The van der Waals surface area contributed by atoms with Crippen LogP contribution in [0.3, 0.4) is 0 Å². The molecule has 3 nitrogen and oxygen atoms in total. The Labute approximate surface area is 89.4 Å². The molecule has 0 amide bonds. The van der Waals surface area contributed by atoms with Crippen molar-refractivity contribution in [3.05, 3.63) is 35.9 Å². The fourth-order valence-corrected chi connectivity index (χ4v) is 1.73. The van der Waals surface area contributed by atoms with Gasteiger partial charge in [-0.25, -0.2) is 0 Å². The average molecular weight is 205 g/mol. The number of hydrogen-bond acceptors (Lipinski definition) is 3. The number of ether oxygens (including phenoxy) is 1. The Morgan fingerprint density at radius 1 is 1.47 bits per heavy atom. The van der Waals surface area contributed by atoms with E-state index >= 15 is 0 Å². The summed E-state index contributed by atoms with van der Waals surface area (Å²) in [5.41, 5.74) is 2.22. The molecule has 0 saturated heterocycles. The Morgan fingerprint density at radius 2 is 2.33 bits per heavy atom. The largest absolute Gasteiger partial charge is 0.497 e. The number of aliphatic hydroxyl groups is 1. The van der Waals surface area contributed by atoms with Crippen LogP contribution in [-0.2, 0) is 0 Å². The zero-order valence-electron chi connectivity index (χ0n) is 8.73. The van der Waals surface area contributed by atoms with E-state index in [0.717, 1.165) is 23.4 Å². The van der Waals surface area contributed by atoms with Gasteiger partial charge in [-0.2, -0.15) is 0 Å². The maximum Gasteiger partial charge on any atom is 0.119 e. The summed E-state index contributed by atoms with van der Waals surface area (Å²) in [6, 6.07) is 7.87. The van der Waals surface area contributed by atoms with Crippen LogP contribution in [0, 0.1) is 0 Å². The summed E-state index contributed by atoms with van der Waals surface area (Å²) in [6.45, 7) is 1.43. The molecule has 15 heavy (non-hydrogen) atoms. The molecule has 1 aliphatic heterocycles. The van der Waals surface area contributed by atoms with Crippen LogP contribution in [-0.4, -0.2) is 31.4 Å². The third kappa shape index (κ3) is 2.37. The first-order valence-corrected chi connectivity index (χ1v) is 5.03. The number of aliphatic hydroxyl groups excluding tert-OH is 1. The average Bonchev–Trinajstić information content (AvgIpc) is 2.29. The Bertz CT molecular complexity index is 374. The third-order valence-corrected chi connectivity index (χ3v) is 2.50. The van der Waals surface area contributed by atoms with Gasteiger partial charge in [0.25, 0.3) is 0 Å². The predicted molar refractivity (Wildman–Crippen MR) is 59.8 cm³/mol. The van der Waals surface area contributed by atoms with E-state index in [2.05, 4.69) is 5.32 Å². The van der Waals surface area contributed by atoms with Crippen LogP contribution in [0.2, 0.25) is 0 Å². The summed E-state index contributed by atoms with van der Waals surface area (Å²) in [7, 11) is 1.65. The smallest absolute Gasteiger partial charge is 0.119 e. The van der Waals surface area contributed by atoms with Gasteiger partial charge in [-0.3, -0.25) is 0 Å². The lowest BCUT2D eigenvalue weighted by Gasteiger charge is -2.19. The minimum absolute atomic E-state index is 0.389. The van der Waals surface area contributed by atoms with Crippen molar-refractivity contribution in [3.63, 3.8) is 0 Å². The zero-order valence-corrected chi connectivity index (χ0v) is 8.73. The van der Waals surface area contributed by atoms with Crippen molar-refractivity contribution in [2.75, 3.05) is 20.2 Å². The first-order chi connectivity index (χ1) is 7.29. The maximum atomic E-state index is 9.50. The van der Waals surface area contributed by atoms with Gasteiger partial charge >= 0.3 is 0 Å². The lowest BCUT2D eigenvalue weighted by molar-refractivity contribution is 0.217. The second-order valence-electron chi connectivity index (χ2n) is 3.62. The van der Waals surface area contributed by atoms with Gasteiger partial charge in [0.05, 0.1) is 13.2 Å². The summed E-state index contributed by atoms with van der Waals surface area (Å²) < 4.78 is 5.16. The first kappa shape index (κ1) is 10.2. The van der Waals surface area contributed by atoms with Gasteiger partial charge in [0.2, 0.25) is 0 Å². The highest BCUT2D eigenvalue weighted by Gasteiger charge is 2.11. The van der Waals surface area contributed by atoms with E-state index in [1.165, 1.54) is 0 Å². The monoisotopic (exact) mass is 205 g/mol. The number of benzene rings is 1. The van der Waals surface area contributed by atoms with E-state index in [-0.39, 0.29) is 6.10 Å². The molecule has 0 aromatic heterocycles. The molecule has 0 spiro atoms. The number of nitrogens with one attached hydrogen (secondary N) is 1. The highest BCUT2D eigenvalue weighted by molar-refractivity contribution is 5.69. The molecule has 1 aromatic carbocycles. The van der Waals surface area contributed by atoms with Gasteiger partial charge in [-0.1, -0.05) is 12.1 Å². The Kier molecular flexibility index (Phi) is 3.04. The minimum atomic E-state index is -0.389. The Morgan fingerprint density at radius 3 is 3.07 bits per heavy atom. The molecule has 1 heterocycles. The van der Waals surface area contributed by atoms with Crippen LogP contribution >= 0.6 is 0 Å². The van der Waals surface area contributed by atoms with E-state index in [1.54, 1.807) is 7.11 Å². The fourth-order valence-electron chi connectivity index (χ4n) is 1.73. The summed E-state index contributed by atoms with van der Waals surface area (Å²) in [4.78, 5) is 0. The van der Waals surface area contributed by atoms with Crippen LogP contribution in [0.1, 0.15) is 5.56 Å². The number of hydrogen-bond donors (Lipinski definition) is 2. The van der Waals surface area contributed by atoms with E-state index in [9.17, 15) is 5.11 Å². The van der Waals surface area contributed by atoms with Crippen LogP contribution in [0.4, 0.5) is 0 Å². The molecule has 3 heteroatoms. The molecule has 80 valence electrons. The van der Waals surface area contributed by atoms with Gasteiger partial charge in [0, 0.05) is 13.1 Å². The van der Waals surface area contributed by atoms with Crippen LogP contribution < -0.4 is 10.1 Å². The van der Waals surface area contributed by atoms with E-state index in [1.807, 2.05) is 30.3 Å². The highest BCUT2D eigenvalue weighted by atomic mass is 16.5. The van der Waals surface area contributed by atoms with Crippen molar-refractivity contribution in [3.8, 4) is 5.75 Å². The van der Waals surface area contributed by atoms with Crippen LogP contribution in [0.25, 0.3) is 5.57 Å². The molecule has 0 aliphatic carbocycles. The second kappa shape index (κ2) is 4.47. The number of rotatable bonds is 2. The lowest BCUT2D eigenvalue weighted by atomic mass is 10.0. The van der Waals surface area contributed by atoms with Gasteiger partial charge in [0.15, 0.2) is 0 Å². The van der Waals surface area contributed by atoms with Gasteiger partial charge < -0.3 is 15.2 Å². The molecular formula is C12H15NO2. The van der Waals surface area contributed by atoms with Crippen molar-refractivity contribution >= 4 is 5.57 Å². The topological polar surface area (TPSA) is 41.5 Å². The summed E-state index contributed by atoms with van der Waals surface area (Å²) in [6.07, 6.45) is 1.51. The molecular weight excluding hydrogens is 190 g/mol. The summed E-state index contributed by atoms with van der Waals surface area (Å²) >= 11 is 0. The summed E-state index contributed by atoms with van der Waals surface area (Å²) in [5, 5.41) is 12.7. The third-order valence-electron chi connectivity index (χ3n) is 2.50. The zero-order chi connectivity index (χ0) is 10.7. The normalized spacial score (nSPS) is 20.9. The van der Waals surface area contributed by atoms with Gasteiger partial charge in [0.1, 0.15) is 5.75 Å². The second-order valence-corrected chi connectivity index (χ2v) is 3.62. The van der Waals surface area contributed by atoms with Gasteiger partial charge in [-0.15, -0.1) is 0 Å². The van der Waals surface area contributed by atoms with Crippen molar-refractivity contribution < 1.29 is 9.84 Å². The lowest BCUT2D eigenvalue weighted by Crippen LogP contribution is -2.31. The molecule has 0 saturated carbocycles. The first-order valence-electron chi connectivity index (χ1n) is 5.03. The molecule has 1 aliphatic rings. The Hall–Kier alpha value is -1.32. The SMILES string of the molecule is COc1cccc(C2=CC(O)CNC2)c1. The summed E-state index contributed by atoms with van der Waals surface area (Å²) in [5.74, 6) is 0.841. The Balaban J connectivity index is 2.28. The van der Waals surface area contributed by atoms with Gasteiger partial charge in [-0.05, 0) is 29.3 Å². The quantitative estimate of drug-likeness (QED) is 0.758. The predicted octanol–water partition coefficient (Wildman–Crippen LogP) is 1.04. The molecule has 0 radical (unpaired) electrons. The molecule has 2 N–H and O–H groups in total. The van der Waals surface area contributed by atoms with Crippen molar-refractivity contribution in [2.24, 2.45) is 0 Å². The highest BCUT2D eigenvalue weighted by Crippen LogP contribution is 2.21. The molecule has 1 aromatic rings. The molecule has 0 bridgehead atoms. The van der Waals surface area contributed by atoms with Crippen LogP contribution in [0.15, 0.2) is 30.3 Å². The molecule has 0 fully saturated rings.